The van der Waals surface area contributed by atoms with E-state index in [0.29, 0.717) is 0 Å². The SMILES string of the molecule is COc1ccc(NC(C)c2cc(C)oc2C)cc1Br. The molecule has 1 aromatic carbocycles. The molecule has 1 aromatic heterocycles. The van der Waals surface area contributed by atoms with Gasteiger partial charge in [0, 0.05) is 11.3 Å². The molecule has 2 aromatic rings. The van der Waals surface area contributed by atoms with E-state index in [2.05, 4.69) is 34.2 Å². The standard InChI is InChI=1S/C15H18BrNO2/c1-9-7-13(11(3)19-9)10(2)17-12-5-6-15(18-4)14(16)8-12/h5-8,10,17H,1-4H3. The van der Waals surface area contributed by atoms with Crippen LogP contribution in [0.1, 0.15) is 30.0 Å². The number of ether oxygens (including phenoxy) is 1. The number of rotatable bonds is 4. The van der Waals surface area contributed by atoms with E-state index in [1.807, 2.05) is 32.0 Å². The number of hydrogen-bond acceptors (Lipinski definition) is 3. The molecular weight excluding hydrogens is 306 g/mol. The third kappa shape index (κ3) is 3.13. The minimum atomic E-state index is 0.192. The monoisotopic (exact) mass is 323 g/mol. The van der Waals surface area contributed by atoms with Gasteiger partial charge in [0.2, 0.25) is 0 Å². The molecule has 102 valence electrons. The van der Waals surface area contributed by atoms with E-state index in [9.17, 15) is 0 Å². The number of nitrogens with one attached hydrogen (secondary N) is 1. The molecule has 1 atom stereocenters. The zero-order valence-corrected chi connectivity index (χ0v) is 13.2. The van der Waals surface area contributed by atoms with Crippen LogP contribution >= 0.6 is 15.9 Å². The molecule has 2 rings (SSSR count). The van der Waals surface area contributed by atoms with Gasteiger partial charge in [0.1, 0.15) is 17.3 Å². The van der Waals surface area contributed by atoms with Crippen LogP contribution in [0.2, 0.25) is 0 Å². The van der Waals surface area contributed by atoms with Crippen molar-refractivity contribution in [3.8, 4) is 5.75 Å². The molecule has 0 aliphatic carbocycles. The van der Waals surface area contributed by atoms with Crippen molar-refractivity contribution in [2.45, 2.75) is 26.8 Å². The summed E-state index contributed by atoms with van der Waals surface area (Å²) in [6, 6.07) is 8.22. The number of anilines is 1. The van der Waals surface area contributed by atoms with Gasteiger partial charge < -0.3 is 14.5 Å². The largest absolute Gasteiger partial charge is 0.496 e. The van der Waals surface area contributed by atoms with Gasteiger partial charge in [0.15, 0.2) is 0 Å². The summed E-state index contributed by atoms with van der Waals surface area (Å²) in [7, 11) is 1.66. The first kappa shape index (κ1) is 14.0. The fourth-order valence-electron chi connectivity index (χ4n) is 2.16. The van der Waals surface area contributed by atoms with Gasteiger partial charge in [-0.1, -0.05) is 0 Å². The molecule has 0 aliphatic rings. The Bertz CT molecular complexity index is 578. The van der Waals surface area contributed by atoms with Gasteiger partial charge in [0.25, 0.3) is 0 Å². The van der Waals surface area contributed by atoms with Gasteiger partial charge in [-0.15, -0.1) is 0 Å². The second-order valence-electron chi connectivity index (χ2n) is 4.58. The van der Waals surface area contributed by atoms with E-state index in [0.717, 1.165) is 27.4 Å². The zero-order chi connectivity index (χ0) is 14.0. The number of halogens is 1. The van der Waals surface area contributed by atoms with E-state index in [1.54, 1.807) is 7.11 Å². The molecule has 1 unspecified atom stereocenters. The van der Waals surface area contributed by atoms with Gasteiger partial charge >= 0.3 is 0 Å². The van der Waals surface area contributed by atoms with Crippen LogP contribution in [-0.2, 0) is 0 Å². The van der Waals surface area contributed by atoms with E-state index in [1.165, 1.54) is 5.56 Å². The van der Waals surface area contributed by atoms with Crippen LogP contribution in [0.5, 0.6) is 5.75 Å². The van der Waals surface area contributed by atoms with Crippen LogP contribution in [0, 0.1) is 13.8 Å². The number of benzene rings is 1. The molecule has 0 aliphatic heterocycles. The van der Waals surface area contributed by atoms with Crippen LogP contribution in [0.4, 0.5) is 5.69 Å². The first-order valence-electron chi connectivity index (χ1n) is 6.18. The molecule has 1 heterocycles. The lowest BCUT2D eigenvalue weighted by Crippen LogP contribution is -2.06. The average molecular weight is 324 g/mol. The lowest BCUT2D eigenvalue weighted by Gasteiger charge is -2.15. The van der Waals surface area contributed by atoms with Crippen molar-refractivity contribution in [2.75, 3.05) is 12.4 Å². The molecule has 1 N–H and O–H groups in total. The Morgan fingerprint density at radius 3 is 2.53 bits per heavy atom. The summed E-state index contributed by atoms with van der Waals surface area (Å²) in [6.45, 7) is 6.08. The summed E-state index contributed by atoms with van der Waals surface area (Å²) in [4.78, 5) is 0. The molecule has 0 saturated heterocycles. The summed E-state index contributed by atoms with van der Waals surface area (Å²) in [5.74, 6) is 2.73. The molecule has 3 nitrogen and oxygen atoms in total. The van der Waals surface area contributed by atoms with Gasteiger partial charge in [-0.3, -0.25) is 0 Å². The van der Waals surface area contributed by atoms with Gasteiger partial charge in [-0.05, 0) is 61.0 Å². The topological polar surface area (TPSA) is 34.4 Å². The first-order chi connectivity index (χ1) is 9.01. The van der Waals surface area contributed by atoms with E-state index in [4.69, 9.17) is 9.15 Å². The van der Waals surface area contributed by atoms with Crippen molar-refractivity contribution in [3.63, 3.8) is 0 Å². The fraction of sp³-hybridized carbons (Fsp3) is 0.333. The van der Waals surface area contributed by atoms with Gasteiger partial charge in [-0.25, -0.2) is 0 Å². The number of methoxy groups -OCH3 is 1. The Labute approximate surface area is 122 Å². The van der Waals surface area contributed by atoms with E-state index < -0.39 is 0 Å². The lowest BCUT2D eigenvalue weighted by atomic mass is 10.1. The molecular formula is C15H18BrNO2. The zero-order valence-electron chi connectivity index (χ0n) is 11.6. The highest BCUT2D eigenvalue weighted by Gasteiger charge is 2.13. The summed E-state index contributed by atoms with van der Waals surface area (Å²) in [5.41, 5.74) is 2.22. The predicted octanol–water partition coefficient (Wildman–Crippen LogP) is 4.84. The van der Waals surface area contributed by atoms with Crippen LogP contribution < -0.4 is 10.1 Å². The maximum absolute atomic E-state index is 5.56. The molecule has 0 radical (unpaired) electrons. The summed E-state index contributed by atoms with van der Waals surface area (Å²) >= 11 is 3.49. The molecule has 0 fully saturated rings. The van der Waals surface area contributed by atoms with Crippen molar-refractivity contribution in [3.05, 3.63) is 45.8 Å². The highest BCUT2D eigenvalue weighted by molar-refractivity contribution is 9.10. The van der Waals surface area contributed by atoms with Crippen molar-refractivity contribution >= 4 is 21.6 Å². The van der Waals surface area contributed by atoms with Crippen molar-refractivity contribution in [1.82, 2.24) is 0 Å². The average Bonchev–Trinajstić information content (AvgIpc) is 2.69. The Hall–Kier alpha value is -1.42. The quantitative estimate of drug-likeness (QED) is 0.874. The lowest BCUT2D eigenvalue weighted by molar-refractivity contribution is 0.412. The molecule has 0 amide bonds. The Balaban J connectivity index is 2.17. The second kappa shape index (κ2) is 5.70. The second-order valence-corrected chi connectivity index (χ2v) is 5.44. The Kier molecular flexibility index (Phi) is 4.20. The van der Waals surface area contributed by atoms with Crippen LogP contribution in [0.3, 0.4) is 0 Å². The molecule has 0 bridgehead atoms. The van der Waals surface area contributed by atoms with Crippen molar-refractivity contribution < 1.29 is 9.15 Å². The predicted molar refractivity (Wildman–Crippen MR) is 80.9 cm³/mol. The van der Waals surface area contributed by atoms with Crippen LogP contribution in [0.15, 0.2) is 33.2 Å². The van der Waals surface area contributed by atoms with Gasteiger partial charge in [0.05, 0.1) is 17.6 Å². The van der Waals surface area contributed by atoms with Crippen molar-refractivity contribution in [2.24, 2.45) is 0 Å². The minimum Gasteiger partial charge on any atom is -0.496 e. The molecule has 0 saturated carbocycles. The Morgan fingerprint density at radius 2 is 2.00 bits per heavy atom. The minimum absolute atomic E-state index is 0.192. The normalized spacial score (nSPS) is 12.3. The maximum atomic E-state index is 5.56. The van der Waals surface area contributed by atoms with Crippen LogP contribution in [0.25, 0.3) is 0 Å². The smallest absolute Gasteiger partial charge is 0.133 e. The van der Waals surface area contributed by atoms with E-state index >= 15 is 0 Å². The van der Waals surface area contributed by atoms with Gasteiger partial charge in [-0.2, -0.15) is 0 Å². The number of hydrogen-bond donors (Lipinski definition) is 1. The molecule has 19 heavy (non-hydrogen) atoms. The van der Waals surface area contributed by atoms with E-state index in [-0.39, 0.29) is 6.04 Å². The molecule has 0 spiro atoms. The van der Waals surface area contributed by atoms with Crippen molar-refractivity contribution in [1.29, 1.82) is 0 Å². The Morgan fingerprint density at radius 1 is 1.26 bits per heavy atom. The van der Waals surface area contributed by atoms with Crippen LogP contribution in [-0.4, -0.2) is 7.11 Å². The summed E-state index contributed by atoms with van der Waals surface area (Å²) in [6.07, 6.45) is 0. The third-order valence-corrected chi connectivity index (χ3v) is 3.70. The first-order valence-corrected chi connectivity index (χ1v) is 6.97. The maximum Gasteiger partial charge on any atom is 0.133 e. The highest BCUT2D eigenvalue weighted by Crippen LogP contribution is 2.30. The summed E-state index contributed by atoms with van der Waals surface area (Å²) < 4.78 is 11.7. The summed E-state index contributed by atoms with van der Waals surface area (Å²) in [5, 5.41) is 3.46. The number of furan rings is 1. The fourth-order valence-corrected chi connectivity index (χ4v) is 2.70. The third-order valence-electron chi connectivity index (χ3n) is 3.08. The number of aryl methyl sites for hydroxylation is 2. The molecule has 4 heteroatoms. The highest BCUT2D eigenvalue weighted by atomic mass is 79.9.